The van der Waals surface area contributed by atoms with Crippen LogP contribution in [0.4, 0.5) is 0 Å². The van der Waals surface area contributed by atoms with Crippen LogP contribution in [-0.2, 0) is 5.41 Å². The summed E-state index contributed by atoms with van der Waals surface area (Å²) in [6.45, 7) is 2.37. The Morgan fingerprint density at radius 1 is 0.420 bits per heavy atom. The van der Waals surface area contributed by atoms with Crippen LogP contribution in [0, 0.1) is 0 Å². The molecular weight excluding hydrogens is 605 g/mol. The molecule has 0 aliphatic heterocycles. The molecule has 1 unspecified atom stereocenters. The summed E-state index contributed by atoms with van der Waals surface area (Å²) < 4.78 is 0. The van der Waals surface area contributed by atoms with Crippen molar-refractivity contribution in [1.82, 2.24) is 9.97 Å². The van der Waals surface area contributed by atoms with Gasteiger partial charge in [-0.15, -0.1) is 0 Å². The first-order valence-electron chi connectivity index (χ1n) is 17.3. The number of benzene rings is 8. The zero-order valence-electron chi connectivity index (χ0n) is 27.6. The topological polar surface area (TPSA) is 25.8 Å². The standard InChI is InChI=1S/C48H32N2/c1-48(35-19-6-3-7-20-35)40-25-13-12-23-38(40)45-39(24-14-26-41(45)48)42-30-43(50-47(49-42)32-16-4-2-5-17-32)46-37-22-11-9-18-33(37)29-34-28-27-31-15-8-10-21-36(31)44(34)46/h2-30H,1H3. The molecule has 0 fully saturated rings. The largest absolute Gasteiger partial charge is 0.228 e. The molecule has 9 aromatic rings. The van der Waals surface area contributed by atoms with Crippen molar-refractivity contribution < 1.29 is 0 Å². The van der Waals surface area contributed by atoms with Crippen molar-refractivity contribution >= 4 is 32.3 Å². The average molecular weight is 637 g/mol. The number of hydrogen-bond donors (Lipinski definition) is 0. The van der Waals surface area contributed by atoms with Crippen LogP contribution >= 0.6 is 0 Å². The molecule has 0 N–H and O–H groups in total. The molecule has 1 aliphatic rings. The first-order chi connectivity index (χ1) is 24.7. The summed E-state index contributed by atoms with van der Waals surface area (Å²) in [7, 11) is 0. The van der Waals surface area contributed by atoms with Crippen molar-refractivity contribution in [3.05, 3.63) is 193 Å². The van der Waals surface area contributed by atoms with E-state index in [1.54, 1.807) is 0 Å². The van der Waals surface area contributed by atoms with E-state index >= 15 is 0 Å². The third kappa shape index (κ3) is 4.22. The van der Waals surface area contributed by atoms with Crippen molar-refractivity contribution in [3.63, 3.8) is 0 Å². The average Bonchev–Trinajstić information content (AvgIpc) is 3.46. The molecule has 0 saturated carbocycles. The smallest absolute Gasteiger partial charge is 0.160 e. The number of nitrogens with zero attached hydrogens (tertiary/aromatic N) is 2. The Kier molecular flexibility index (Phi) is 6.34. The van der Waals surface area contributed by atoms with Crippen molar-refractivity contribution in [3.8, 4) is 45.0 Å². The second-order valence-corrected chi connectivity index (χ2v) is 13.5. The van der Waals surface area contributed by atoms with Gasteiger partial charge in [-0.2, -0.15) is 0 Å². The van der Waals surface area contributed by atoms with Gasteiger partial charge in [0.1, 0.15) is 0 Å². The highest BCUT2D eigenvalue weighted by molar-refractivity contribution is 6.21. The number of aromatic nitrogens is 2. The summed E-state index contributed by atoms with van der Waals surface area (Å²) in [6.07, 6.45) is 0. The molecule has 0 radical (unpaired) electrons. The third-order valence-corrected chi connectivity index (χ3v) is 10.7. The van der Waals surface area contributed by atoms with E-state index < -0.39 is 0 Å². The third-order valence-electron chi connectivity index (χ3n) is 10.7. The van der Waals surface area contributed by atoms with Crippen LogP contribution in [-0.4, -0.2) is 9.97 Å². The molecule has 0 amide bonds. The summed E-state index contributed by atoms with van der Waals surface area (Å²) in [6, 6.07) is 63.3. The fourth-order valence-corrected chi connectivity index (χ4v) is 8.37. The molecule has 0 bridgehead atoms. The van der Waals surface area contributed by atoms with Crippen LogP contribution < -0.4 is 0 Å². The fourth-order valence-electron chi connectivity index (χ4n) is 8.37. The first kappa shape index (κ1) is 28.6. The van der Waals surface area contributed by atoms with Crippen molar-refractivity contribution in [2.45, 2.75) is 12.3 Å². The fraction of sp³-hybridized carbons (Fsp3) is 0.0417. The lowest BCUT2D eigenvalue weighted by atomic mass is 9.74. The molecular formula is C48H32N2. The van der Waals surface area contributed by atoms with Crippen molar-refractivity contribution in [2.24, 2.45) is 0 Å². The minimum absolute atomic E-state index is 0.300. The van der Waals surface area contributed by atoms with Crippen molar-refractivity contribution in [2.75, 3.05) is 0 Å². The highest BCUT2D eigenvalue weighted by Gasteiger charge is 2.41. The minimum Gasteiger partial charge on any atom is -0.228 e. The predicted octanol–water partition coefficient (Wildman–Crippen LogP) is 12.3. The quantitative estimate of drug-likeness (QED) is 0.142. The second kappa shape index (κ2) is 11.1. The zero-order chi connectivity index (χ0) is 33.2. The van der Waals surface area contributed by atoms with Crippen LogP contribution in [0.2, 0.25) is 0 Å². The van der Waals surface area contributed by atoms with E-state index in [1.165, 1.54) is 60.1 Å². The summed E-state index contributed by atoms with van der Waals surface area (Å²) in [5, 5.41) is 7.23. The lowest BCUT2D eigenvalue weighted by Gasteiger charge is -2.28. The lowest BCUT2D eigenvalue weighted by Crippen LogP contribution is -2.22. The first-order valence-corrected chi connectivity index (χ1v) is 17.3. The normalized spacial score (nSPS) is 15.0. The molecule has 0 spiro atoms. The minimum atomic E-state index is -0.300. The molecule has 2 nitrogen and oxygen atoms in total. The Bertz CT molecular complexity index is 2770. The van der Waals surface area contributed by atoms with Gasteiger partial charge in [-0.1, -0.05) is 164 Å². The number of fused-ring (bicyclic) bond motifs is 7. The van der Waals surface area contributed by atoms with Crippen LogP contribution in [0.1, 0.15) is 23.6 Å². The van der Waals surface area contributed by atoms with Gasteiger partial charge in [-0.3, -0.25) is 0 Å². The highest BCUT2D eigenvalue weighted by atomic mass is 14.9. The van der Waals surface area contributed by atoms with Gasteiger partial charge in [0.2, 0.25) is 0 Å². The van der Waals surface area contributed by atoms with Crippen molar-refractivity contribution in [1.29, 1.82) is 0 Å². The van der Waals surface area contributed by atoms with E-state index in [4.69, 9.17) is 9.97 Å². The van der Waals surface area contributed by atoms with Gasteiger partial charge in [0.05, 0.1) is 11.4 Å². The molecule has 8 aromatic carbocycles. The Morgan fingerprint density at radius 2 is 1.04 bits per heavy atom. The summed E-state index contributed by atoms with van der Waals surface area (Å²) in [5.41, 5.74) is 11.2. The van der Waals surface area contributed by atoms with E-state index in [0.29, 0.717) is 5.82 Å². The molecule has 50 heavy (non-hydrogen) atoms. The lowest BCUT2D eigenvalue weighted by molar-refractivity contribution is 0.714. The summed E-state index contributed by atoms with van der Waals surface area (Å²) in [4.78, 5) is 10.8. The Labute approximate surface area is 291 Å². The van der Waals surface area contributed by atoms with Crippen LogP contribution in [0.15, 0.2) is 176 Å². The Balaban J connectivity index is 1.32. The van der Waals surface area contributed by atoms with Crippen LogP contribution in [0.3, 0.4) is 0 Å². The maximum absolute atomic E-state index is 5.41. The highest BCUT2D eigenvalue weighted by Crippen LogP contribution is 2.55. The van der Waals surface area contributed by atoms with E-state index in [9.17, 15) is 0 Å². The van der Waals surface area contributed by atoms with Crippen LogP contribution in [0.5, 0.6) is 0 Å². The van der Waals surface area contributed by atoms with Gasteiger partial charge in [-0.25, -0.2) is 9.97 Å². The maximum atomic E-state index is 5.41. The SMILES string of the molecule is CC1(c2ccccc2)c2ccccc2-c2c(-c3cc(-c4c5ccccc5cc5ccc6ccccc6c45)nc(-c4ccccc4)n3)cccc21. The van der Waals surface area contributed by atoms with E-state index in [0.717, 1.165) is 28.1 Å². The van der Waals surface area contributed by atoms with Gasteiger partial charge in [0, 0.05) is 22.1 Å². The summed E-state index contributed by atoms with van der Waals surface area (Å²) >= 11 is 0. The molecule has 10 rings (SSSR count). The molecule has 1 atom stereocenters. The molecule has 1 heterocycles. The van der Waals surface area contributed by atoms with Gasteiger partial charge in [0.15, 0.2) is 5.82 Å². The van der Waals surface area contributed by atoms with Gasteiger partial charge >= 0.3 is 0 Å². The number of hydrogen-bond acceptors (Lipinski definition) is 2. The molecule has 0 saturated heterocycles. The van der Waals surface area contributed by atoms with Gasteiger partial charge in [-0.05, 0) is 79.2 Å². The van der Waals surface area contributed by atoms with Crippen LogP contribution in [0.25, 0.3) is 77.3 Å². The second-order valence-electron chi connectivity index (χ2n) is 13.5. The molecule has 234 valence electrons. The van der Waals surface area contributed by atoms with Gasteiger partial charge in [0.25, 0.3) is 0 Å². The summed E-state index contributed by atoms with van der Waals surface area (Å²) in [5.74, 6) is 0.717. The monoisotopic (exact) mass is 636 g/mol. The van der Waals surface area contributed by atoms with E-state index in [-0.39, 0.29) is 5.41 Å². The Morgan fingerprint density at radius 3 is 1.88 bits per heavy atom. The number of rotatable bonds is 4. The molecule has 2 heteroatoms. The Hall–Kier alpha value is -6.38. The van der Waals surface area contributed by atoms with Gasteiger partial charge < -0.3 is 0 Å². The van der Waals surface area contributed by atoms with E-state index in [2.05, 4.69) is 177 Å². The zero-order valence-corrected chi connectivity index (χ0v) is 27.6. The van der Waals surface area contributed by atoms with E-state index in [1.807, 2.05) is 6.07 Å². The predicted molar refractivity (Wildman–Crippen MR) is 208 cm³/mol. The molecule has 1 aliphatic carbocycles. The molecule has 1 aromatic heterocycles. The maximum Gasteiger partial charge on any atom is 0.160 e.